The molecule has 6 nitrogen and oxygen atoms in total. The number of aliphatic imine (C=N–C) groups is 1. The Balaban J connectivity index is 0.00000363. The molecular formula is C25H44IN5O. The Kier molecular flexibility index (Phi) is 11.6. The Bertz CT molecular complexity index is 712. The van der Waals surface area contributed by atoms with Crippen LogP contribution in [0.25, 0.3) is 0 Å². The van der Waals surface area contributed by atoms with Crippen molar-refractivity contribution < 1.29 is 4.74 Å². The minimum atomic E-state index is 0. The molecule has 1 aromatic carbocycles. The van der Waals surface area contributed by atoms with E-state index in [2.05, 4.69) is 59.5 Å². The van der Waals surface area contributed by atoms with Gasteiger partial charge in [-0.25, -0.2) is 0 Å². The summed E-state index contributed by atoms with van der Waals surface area (Å²) in [6.07, 6.45) is 7.43. The molecule has 0 bridgehead atoms. The van der Waals surface area contributed by atoms with Crippen LogP contribution in [0.3, 0.4) is 0 Å². The third-order valence-electron chi connectivity index (χ3n) is 7.00. The van der Waals surface area contributed by atoms with Gasteiger partial charge in [0, 0.05) is 18.6 Å². The average molecular weight is 558 g/mol. The number of benzene rings is 1. The molecule has 2 aliphatic heterocycles. The number of guanidine groups is 1. The maximum atomic E-state index is 5.47. The van der Waals surface area contributed by atoms with Crippen molar-refractivity contribution in [2.75, 3.05) is 60.0 Å². The zero-order chi connectivity index (χ0) is 22.1. The first-order valence-electron chi connectivity index (χ1n) is 12.2. The predicted molar refractivity (Wildman–Crippen MR) is 146 cm³/mol. The topological polar surface area (TPSA) is 52.1 Å². The van der Waals surface area contributed by atoms with Gasteiger partial charge in [-0.1, -0.05) is 18.6 Å². The second-order valence-electron chi connectivity index (χ2n) is 9.25. The van der Waals surface area contributed by atoms with Gasteiger partial charge in [-0.3, -0.25) is 9.89 Å². The first-order chi connectivity index (χ1) is 15.1. The van der Waals surface area contributed by atoms with Crippen LogP contribution in [-0.4, -0.2) is 81.3 Å². The molecule has 2 saturated heterocycles. The second-order valence-corrected chi connectivity index (χ2v) is 9.25. The van der Waals surface area contributed by atoms with Crippen molar-refractivity contribution in [3.05, 3.63) is 29.3 Å². The number of nitrogens with zero attached hydrogens (tertiary/aromatic N) is 3. The Morgan fingerprint density at radius 3 is 2.47 bits per heavy atom. The van der Waals surface area contributed by atoms with Gasteiger partial charge in [0.25, 0.3) is 0 Å². The summed E-state index contributed by atoms with van der Waals surface area (Å²) in [6, 6.07) is 6.47. The molecule has 2 aliphatic rings. The van der Waals surface area contributed by atoms with Crippen molar-refractivity contribution in [2.45, 2.75) is 57.9 Å². The fraction of sp³-hybridized carbons (Fsp3) is 0.720. The molecule has 3 rings (SSSR count). The number of aryl methyl sites for hydroxylation is 1. The van der Waals surface area contributed by atoms with Gasteiger partial charge in [0.05, 0.1) is 13.7 Å². The lowest BCUT2D eigenvalue weighted by Gasteiger charge is -2.49. The molecule has 0 radical (unpaired) electrons. The summed E-state index contributed by atoms with van der Waals surface area (Å²) in [5.41, 5.74) is 2.68. The third kappa shape index (κ3) is 7.48. The number of methoxy groups -OCH3 is 1. The summed E-state index contributed by atoms with van der Waals surface area (Å²) >= 11 is 0. The molecule has 1 aromatic rings. The van der Waals surface area contributed by atoms with Crippen molar-refractivity contribution in [2.24, 2.45) is 4.99 Å². The van der Waals surface area contributed by atoms with E-state index in [1.165, 1.54) is 69.4 Å². The van der Waals surface area contributed by atoms with Crippen LogP contribution < -0.4 is 15.4 Å². The SMILES string of the molecule is CCNC(=NCC1(N2CCCCC2)CCN(C)CC1)NCCc1ccc(C)c(OC)c1.I. The van der Waals surface area contributed by atoms with Gasteiger partial charge in [-0.05, 0) is 96.4 Å². The summed E-state index contributed by atoms with van der Waals surface area (Å²) in [6.45, 7) is 11.7. The van der Waals surface area contributed by atoms with Crippen LogP contribution in [0.4, 0.5) is 0 Å². The van der Waals surface area contributed by atoms with E-state index in [0.717, 1.165) is 37.8 Å². The number of hydrogen-bond donors (Lipinski definition) is 2. The Hall–Kier alpha value is -1.06. The molecule has 32 heavy (non-hydrogen) atoms. The van der Waals surface area contributed by atoms with Gasteiger partial charge < -0.3 is 20.3 Å². The lowest BCUT2D eigenvalue weighted by atomic mass is 9.84. The van der Waals surface area contributed by atoms with Crippen LogP contribution >= 0.6 is 24.0 Å². The highest BCUT2D eigenvalue weighted by molar-refractivity contribution is 14.0. The fourth-order valence-electron chi connectivity index (χ4n) is 4.89. The van der Waals surface area contributed by atoms with Gasteiger partial charge in [-0.2, -0.15) is 0 Å². The molecule has 0 amide bonds. The number of hydrogen-bond acceptors (Lipinski definition) is 4. The van der Waals surface area contributed by atoms with Crippen molar-refractivity contribution in [1.82, 2.24) is 20.4 Å². The summed E-state index contributed by atoms with van der Waals surface area (Å²) in [5, 5.41) is 7.01. The summed E-state index contributed by atoms with van der Waals surface area (Å²) in [4.78, 5) is 10.3. The number of likely N-dealkylation sites (tertiary alicyclic amines) is 2. The quantitative estimate of drug-likeness (QED) is 0.290. The van der Waals surface area contributed by atoms with Gasteiger partial charge in [-0.15, -0.1) is 24.0 Å². The number of halogens is 1. The highest BCUT2D eigenvalue weighted by Crippen LogP contribution is 2.31. The molecule has 7 heteroatoms. The molecule has 0 atom stereocenters. The summed E-state index contributed by atoms with van der Waals surface area (Å²) in [5.74, 6) is 1.90. The number of ether oxygens (including phenoxy) is 1. The van der Waals surface area contributed by atoms with E-state index in [-0.39, 0.29) is 29.5 Å². The highest BCUT2D eigenvalue weighted by Gasteiger charge is 2.39. The molecule has 0 aliphatic carbocycles. The molecule has 0 saturated carbocycles. The van der Waals surface area contributed by atoms with E-state index in [0.29, 0.717) is 0 Å². The van der Waals surface area contributed by atoms with Crippen molar-refractivity contribution in [3.8, 4) is 5.75 Å². The van der Waals surface area contributed by atoms with Crippen LogP contribution in [0.1, 0.15) is 50.2 Å². The Morgan fingerprint density at radius 1 is 1.09 bits per heavy atom. The molecule has 0 aromatic heterocycles. The van der Waals surface area contributed by atoms with E-state index in [9.17, 15) is 0 Å². The predicted octanol–water partition coefficient (Wildman–Crippen LogP) is 3.67. The fourth-order valence-corrected chi connectivity index (χ4v) is 4.89. The number of nitrogens with one attached hydrogen (secondary N) is 2. The van der Waals surface area contributed by atoms with Crippen molar-refractivity contribution in [3.63, 3.8) is 0 Å². The third-order valence-corrected chi connectivity index (χ3v) is 7.00. The molecule has 2 heterocycles. The van der Waals surface area contributed by atoms with E-state index in [1.807, 2.05) is 0 Å². The standard InChI is InChI=1S/C25H43N5O.HI/c1-5-26-24(27-14-11-22-10-9-21(2)23(19-22)31-4)28-20-25(12-17-29(3)18-13-25)30-15-7-6-8-16-30;/h9-10,19H,5-8,11-18,20H2,1-4H3,(H2,26,27,28);1H. The van der Waals surface area contributed by atoms with Crippen molar-refractivity contribution >= 4 is 29.9 Å². The van der Waals surface area contributed by atoms with E-state index in [1.54, 1.807) is 7.11 Å². The maximum absolute atomic E-state index is 5.47. The van der Waals surface area contributed by atoms with Crippen LogP contribution in [0.15, 0.2) is 23.2 Å². The van der Waals surface area contributed by atoms with Gasteiger partial charge in [0.1, 0.15) is 5.75 Å². The first-order valence-corrected chi connectivity index (χ1v) is 12.2. The van der Waals surface area contributed by atoms with Gasteiger partial charge in [0.2, 0.25) is 0 Å². The van der Waals surface area contributed by atoms with Gasteiger partial charge >= 0.3 is 0 Å². The zero-order valence-electron chi connectivity index (χ0n) is 20.6. The molecule has 2 N–H and O–H groups in total. The van der Waals surface area contributed by atoms with Crippen LogP contribution in [0.5, 0.6) is 5.75 Å². The molecule has 2 fully saturated rings. The summed E-state index contributed by atoms with van der Waals surface area (Å²) < 4.78 is 5.47. The normalized spacial score (nSPS) is 19.8. The molecular weight excluding hydrogens is 513 g/mol. The Labute approximate surface area is 212 Å². The lowest BCUT2D eigenvalue weighted by molar-refractivity contribution is 0.0208. The highest BCUT2D eigenvalue weighted by atomic mass is 127. The van der Waals surface area contributed by atoms with Crippen LogP contribution in [0, 0.1) is 6.92 Å². The average Bonchev–Trinajstić information content (AvgIpc) is 2.80. The molecule has 0 spiro atoms. The number of piperidine rings is 2. The lowest BCUT2D eigenvalue weighted by Crippen LogP contribution is -2.58. The minimum absolute atomic E-state index is 0. The smallest absolute Gasteiger partial charge is 0.191 e. The largest absolute Gasteiger partial charge is 0.496 e. The van der Waals surface area contributed by atoms with Crippen LogP contribution in [-0.2, 0) is 6.42 Å². The zero-order valence-corrected chi connectivity index (χ0v) is 22.9. The molecule has 0 unspecified atom stereocenters. The number of rotatable bonds is 8. The monoisotopic (exact) mass is 557 g/mol. The van der Waals surface area contributed by atoms with Crippen molar-refractivity contribution in [1.29, 1.82) is 0 Å². The van der Waals surface area contributed by atoms with E-state index >= 15 is 0 Å². The first kappa shape index (κ1) is 27.2. The van der Waals surface area contributed by atoms with Gasteiger partial charge in [0.15, 0.2) is 5.96 Å². The van der Waals surface area contributed by atoms with Crippen LogP contribution in [0.2, 0.25) is 0 Å². The molecule has 182 valence electrons. The van der Waals surface area contributed by atoms with E-state index in [4.69, 9.17) is 9.73 Å². The summed E-state index contributed by atoms with van der Waals surface area (Å²) in [7, 11) is 3.98. The Morgan fingerprint density at radius 2 is 1.81 bits per heavy atom. The van der Waals surface area contributed by atoms with E-state index < -0.39 is 0 Å². The maximum Gasteiger partial charge on any atom is 0.191 e. The minimum Gasteiger partial charge on any atom is -0.496 e. The second kappa shape index (κ2) is 13.6.